The van der Waals surface area contributed by atoms with Gasteiger partial charge in [0.05, 0.1) is 0 Å². The molecule has 1 saturated carbocycles. The maximum absolute atomic E-state index is 12.8. The van der Waals surface area contributed by atoms with Crippen molar-refractivity contribution in [2.24, 2.45) is 5.92 Å². The highest BCUT2D eigenvalue weighted by Gasteiger charge is 2.34. The first kappa shape index (κ1) is 14.8. The standard InChI is InChI=1S/C12H17F3N4O/c1-16-11-18-9(12(13,14)15)5-10(19-11)17-8-4-2-3-7(8)6-20/h5,7-8,20H,2-4,6H2,1H3,(H2,16,17,18,19). The van der Waals surface area contributed by atoms with E-state index in [1.807, 2.05) is 0 Å². The first-order chi connectivity index (χ1) is 9.44. The Kier molecular flexibility index (Phi) is 4.32. The Hall–Kier alpha value is -1.57. The van der Waals surface area contributed by atoms with Crippen molar-refractivity contribution in [3.05, 3.63) is 11.8 Å². The van der Waals surface area contributed by atoms with Crippen LogP contribution in [0.5, 0.6) is 0 Å². The van der Waals surface area contributed by atoms with Crippen molar-refractivity contribution in [2.75, 3.05) is 24.3 Å². The lowest BCUT2D eigenvalue weighted by Crippen LogP contribution is -2.27. The molecular formula is C12H17F3N4O. The maximum Gasteiger partial charge on any atom is 0.433 e. The zero-order valence-electron chi connectivity index (χ0n) is 11.0. The van der Waals surface area contributed by atoms with E-state index in [0.717, 1.165) is 25.3 Å². The van der Waals surface area contributed by atoms with E-state index in [4.69, 9.17) is 0 Å². The molecule has 0 aliphatic heterocycles. The van der Waals surface area contributed by atoms with Crippen LogP contribution in [0.3, 0.4) is 0 Å². The van der Waals surface area contributed by atoms with E-state index in [9.17, 15) is 18.3 Å². The van der Waals surface area contributed by atoms with Crippen LogP contribution in [0.1, 0.15) is 25.0 Å². The van der Waals surface area contributed by atoms with Gasteiger partial charge >= 0.3 is 6.18 Å². The highest BCUT2D eigenvalue weighted by molar-refractivity contribution is 5.44. The lowest BCUT2D eigenvalue weighted by atomic mass is 10.1. The van der Waals surface area contributed by atoms with Gasteiger partial charge in [-0.15, -0.1) is 0 Å². The molecular weight excluding hydrogens is 273 g/mol. The van der Waals surface area contributed by atoms with Gasteiger partial charge < -0.3 is 15.7 Å². The van der Waals surface area contributed by atoms with Gasteiger partial charge in [0.25, 0.3) is 0 Å². The SMILES string of the molecule is CNc1nc(NC2CCCC2CO)cc(C(F)(F)F)n1. The molecule has 1 aliphatic rings. The fraction of sp³-hybridized carbons (Fsp3) is 0.667. The lowest BCUT2D eigenvalue weighted by molar-refractivity contribution is -0.141. The lowest BCUT2D eigenvalue weighted by Gasteiger charge is -2.20. The summed E-state index contributed by atoms with van der Waals surface area (Å²) in [6.45, 7) is 0.0216. The number of hydrogen-bond acceptors (Lipinski definition) is 5. The van der Waals surface area contributed by atoms with E-state index in [-0.39, 0.29) is 30.3 Å². The average Bonchev–Trinajstić information content (AvgIpc) is 2.84. The fourth-order valence-electron chi connectivity index (χ4n) is 2.41. The molecule has 0 saturated heterocycles. The summed E-state index contributed by atoms with van der Waals surface area (Å²) in [6, 6.07) is 0.842. The number of alkyl halides is 3. The predicted molar refractivity (Wildman–Crippen MR) is 68.4 cm³/mol. The number of nitrogens with zero attached hydrogens (tertiary/aromatic N) is 2. The average molecular weight is 290 g/mol. The molecule has 1 fully saturated rings. The molecule has 3 N–H and O–H groups in total. The molecule has 0 bridgehead atoms. The Morgan fingerprint density at radius 2 is 2.10 bits per heavy atom. The number of nitrogens with one attached hydrogen (secondary N) is 2. The number of hydrogen-bond donors (Lipinski definition) is 3. The molecule has 0 aromatic carbocycles. The summed E-state index contributed by atoms with van der Waals surface area (Å²) in [5.74, 6) is 0.0974. The zero-order valence-corrected chi connectivity index (χ0v) is 11.0. The van der Waals surface area contributed by atoms with Crippen molar-refractivity contribution >= 4 is 11.8 Å². The quantitative estimate of drug-likeness (QED) is 0.792. The van der Waals surface area contributed by atoms with Crippen LogP contribution in [-0.4, -0.2) is 34.8 Å². The van der Waals surface area contributed by atoms with Crippen LogP contribution in [0.4, 0.5) is 24.9 Å². The van der Waals surface area contributed by atoms with Crippen molar-refractivity contribution in [1.82, 2.24) is 9.97 Å². The van der Waals surface area contributed by atoms with E-state index in [1.165, 1.54) is 7.05 Å². The van der Waals surface area contributed by atoms with Gasteiger partial charge in [0.15, 0.2) is 5.69 Å². The van der Waals surface area contributed by atoms with Gasteiger partial charge in [-0.05, 0) is 12.8 Å². The minimum Gasteiger partial charge on any atom is -0.396 e. The van der Waals surface area contributed by atoms with E-state index < -0.39 is 11.9 Å². The van der Waals surface area contributed by atoms with Gasteiger partial charge in [-0.2, -0.15) is 18.2 Å². The molecule has 0 spiro atoms. The summed E-state index contributed by atoms with van der Waals surface area (Å²) in [7, 11) is 1.46. The van der Waals surface area contributed by atoms with Crippen LogP contribution >= 0.6 is 0 Å². The Morgan fingerprint density at radius 1 is 1.35 bits per heavy atom. The highest BCUT2D eigenvalue weighted by Crippen LogP contribution is 2.32. The van der Waals surface area contributed by atoms with E-state index in [0.29, 0.717) is 0 Å². The first-order valence-corrected chi connectivity index (χ1v) is 6.45. The first-order valence-electron chi connectivity index (χ1n) is 6.45. The number of aliphatic hydroxyl groups is 1. The van der Waals surface area contributed by atoms with Crippen molar-refractivity contribution < 1.29 is 18.3 Å². The topological polar surface area (TPSA) is 70.1 Å². The Balaban J connectivity index is 2.22. The molecule has 1 aromatic heterocycles. The second kappa shape index (κ2) is 5.82. The number of aliphatic hydroxyl groups excluding tert-OH is 1. The minimum atomic E-state index is -4.52. The van der Waals surface area contributed by atoms with Crippen molar-refractivity contribution in [2.45, 2.75) is 31.5 Å². The number of anilines is 2. The van der Waals surface area contributed by atoms with Crippen molar-refractivity contribution in [3.8, 4) is 0 Å². The van der Waals surface area contributed by atoms with Crippen molar-refractivity contribution in [3.63, 3.8) is 0 Å². The van der Waals surface area contributed by atoms with Crippen LogP contribution in [-0.2, 0) is 6.18 Å². The van der Waals surface area contributed by atoms with E-state index in [2.05, 4.69) is 20.6 Å². The van der Waals surface area contributed by atoms with Gasteiger partial charge in [0.2, 0.25) is 5.95 Å². The Bertz CT molecular complexity index is 467. The second-order valence-electron chi connectivity index (χ2n) is 4.83. The summed E-state index contributed by atoms with van der Waals surface area (Å²) in [6.07, 6.45) is -1.90. The van der Waals surface area contributed by atoms with Gasteiger partial charge in [0.1, 0.15) is 5.82 Å². The molecule has 8 heteroatoms. The third-order valence-electron chi connectivity index (χ3n) is 3.47. The molecule has 112 valence electrons. The fourth-order valence-corrected chi connectivity index (χ4v) is 2.41. The molecule has 2 rings (SSSR count). The van der Waals surface area contributed by atoms with E-state index in [1.54, 1.807) is 0 Å². The normalized spacial score (nSPS) is 22.9. The zero-order chi connectivity index (χ0) is 14.8. The Labute approximate surface area is 114 Å². The van der Waals surface area contributed by atoms with Crippen LogP contribution in [0.25, 0.3) is 0 Å². The van der Waals surface area contributed by atoms with Crippen LogP contribution in [0.2, 0.25) is 0 Å². The predicted octanol–water partition coefficient (Wildman–Crippen LogP) is 2.11. The van der Waals surface area contributed by atoms with Crippen LogP contribution < -0.4 is 10.6 Å². The van der Waals surface area contributed by atoms with Crippen LogP contribution in [0.15, 0.2) is 6.07 Å². The molecule has 1 heterocycles. The smallest absolute Gasteiger partial charge is 0.396 e. The summed E-state index contributed by atoms with van der Waals surface area (Å²) in [5, 5.41) is 14.7. The summed E-state index contributed by atoms with van der Waals surface area (Å²) in [5.41, 5.74) is -0.988. The highest BCUT2D eigenvalue weighted by atomic mass is 19.4. The Morgan fingerprint density at radius 3 is 2.70 bits per heavy atom. The molecule has 1 aromatic rings. The minimum absolute atomic E-state index is 0.0216. The van der Waals surface area contributed by atoms with Gasteiger partial charge in [-0.3, -0.25) is 0 Å². The number of halogens is 3. The largest absolute Gasteiger partial charge is 0.433 e. The van der Waals surface area contributed by atoms with Crippen LogP contribution in [0, 0.1) is 5.92 Å². The number of aromatic nitrogens is 2. The molecule has 0 amide bonds. The summed E-state index contributed by atoms with van der Waals surface area (Å²) >= 11 is 0. The molecule has 0 radical (unpaired) electrons. The van der Waals surface area contributed by atoms with Gasteiger partial charge in [-0.25, -0.2) is 4.98 Å². The summed E-state index contributed by atoms with van der Waals surface area (Å²) in [4.78, 5) is 7.38. The molecule has 1 aliphatic carbocycles. The molecule has 2 unspecified atom stereocenters. The maximum atomic E-state index is 12.8. The monoisotopic (exact) mass is 290 g/mol. The second-order valence-corrected chi connectivity index (χ2v) is 4.83. The summed E-state index contributed by atoms with van der Waals surface area (Å²) < 4.78 is 38.3. The van der Waals surface area contributed by atoms with Crippen molar-refractivity contribution in [1.29, 1.82) is 0 Å². The molecule has 5 nitrogen and oxygen atoms in total. The number of rotatable bonds is 4. The molecule has 2 atom stereocenters. The third-order valence-corrected chi connectivity index (χ3v) is 3.47. The molecule has 20 heavy (non-hydrogen) atoms. The third kappa shape index (κ3) is 3.30. The van der Waals surface area contributed by atoms with Gasteiger partial charge in [0, 0.05) is 31.7 Å². The van der Waals surface area contributed by atoms with E-state index >= 15 is 0 Å². The van der Waals surface area contributed by atoms with Gasteiger partial charge in [-0.1, -0.05) is 6.42 Å².